The van der Waals surface area contributed by atoms with Crippen LogP contribution in [0.25, 0.3) is 0 Å². The van der Waals surface area contributed by atoms with Gasteiger partial charge in [0, 0.05) is 12.4 Å². The Labute approximate surface area is 213 Å². The summed E-state index contributed by atoms with van der Waals surface area (Å²) in [5, 5.41) is 29.2. The standard InChI is InChI=1S/C28H51NO6/c1-2-3-4-5-6-7-8-9-10-11-12-13-14-15-16-17-18-22-29(23-19-26(30)31,24-20-27(32)33)25-21-28(34)35/h12-13H,2-11,14-25H2,1H3,(H2-,30,31,32,33,34,35)/b13-12+. The third kappa shape index (κ3) is 22.3. The van der Waals surface area contributed by atoms with Gasteiger partial charge in [0.05, 0.1) is 39.0 Å². The Morgan fingerprint density at radius 3 is 1.43 bits per heavy atom. The van der Waals surface area contributed by atoms with Gasteiger partial charge in [-0.25, -0.2) is 0 Å². The number of rotatable bonds is 26. The van der Waals surface area contributed by atoms with Gasteiger partial charge in [-0.05, 0) is 38.5 Å². The Morgan fingerprint density at radius 2 is 1.00 bits per heavy atom. The predicted octanol–water partition coefficient (Wildman–Crippen LogP) is 5.32. The maximum Gasteiger partial charge on any atom is 0.309 e. The zero-order chi connectivity index (χ0) is 26.2. The van der Waals surface area contributed by atoms with Crippen LogP contribution in [0.1, 0.15) is 122 Å². The van der Waals surface area contributed by atoms with Gasteiger partial charge >= 0.3 is 11.9 Å². The fourth-order valence-electron chi connectivity index (χ4n) is 4.54. The molecule has 7 nitrogen and oxygen atoms in total. The lowest BCUT2D eigenvalue weighted by Gasteiger charge is -2.38. The van der Waals surface area contributed by atoms with Gasteiger partial charge in [0.25, 0.3) is 0 Å². The van der Waals surface area contributed by atoms with Crippen LogP contribution in [0.15, 0.2) is 12.2 Å². The molecule has 0 rings (SSSR count). The number of carboxylic acid groups (broad SMARTS) is 3. The Bertz CT molecular complexity index is 544. The average Bonchev–Trinajstić information content (AvgIpc) is 2.81. The van der Waals surface area contributed by atoms with E-state index in [4.69, 9.17) is 10.2 Å². The minimum Gasteiger partial charge on any atom is -0.550 e. The molecule has 0 heterocycles. The number of hydrogen-bond acceptors (Lipinski definition) is 4. The first-order chi connectivity index (χ1) is 16.8. The molecule has 7 heteroatoms. The monoisotopic (exact) mass is 497 g/mol. The van der Waals surface area contributed by atoms with E-state index in [-0.39, 0.29) is 43.4 Å². The summed E-state index contributed by atoms with van der Waals surface area (Å²) >= 11 is 0. The van der Waals surface area contributed by atoms with Gasteiger partial charge in [-0.2, -0.15) is 0 Å². The second-order valence-electron chi connectivity index (χ2n) is 9.94. The first-order valence-corrected chi connectivity index (χ1v) is 13.9. The molecular weight excluding hydrogens is 446 g/mol. The first-order valence-electron chi connectivity index (χ1n) is 13.9. The summed E-state index contributed by atoms with van der Waals surface area (Å²) in [5.41, 5.74) is 0. The number of carboxylic acids is 3. The lowest BCUT2D eigenvalue weighted by molar-refractivity contribution is -0.927. The van der Waals surface area contributed by atoms with Crippen molar-refractivity contribution in [2.24, 2.45) is 0 Å². The highest BCUT2D eigenvalue weighted by atomic mass is 16.4. The second-order valence-corrected chi connectivity index (χ2v) is 9.94. The van der Waals surface area contributed by atoms with Crippen molar-refractivity contribution in [3.63, 3.8) is 0 Å². The quantitative estimate of drug-likeness (QED) is 0.0949. The topological polar surface area (TPSA) is 115 Å². The van der Waals surface area contributed by atoms with Crippen molar-refractivity contribution in [1.82, 2.24) is 0 Å². The summed E-state index contributed by atoms with van der Waals surface area (Å²) in [6.45, 7) is 3.56. The van der Waals surface area contributed by atoms with Crippen LogP contribution in [0, 0.1) is 0 Å². The van der Waals surface area contributed by atoms with Gasteiger partial charge in [0.15, 0.2) is 0 Å². The van der Waals surface area contributed by atoms with Gasteiger partial charge in [-0.15, -0.1) is 0 Å². The summed E-state index contributed by atoms with van der Waals surface area (Å²) in [7, 11) is 0. The van der Waals surface area contributed by atoms with Gasteiger partial charge in [-0.3, -0.25) is 9.59 Å². The molecule has 0 saturated carbocycles. The normalized spacial score (nSPS) is 11.8. The third-order valence-electron chi connectivity index (χ3n) is 6.78. The van der Waals surface area contributed by atoms with E-state index in [1.165, 1.54) is 57.8 Å². The zero-order valence-corrected chi connectivity index (χ0v) is 22.2. The van der Waals surface area contributed by atoms with Crippen LogP contribution in [0.4, 0.5) is 0 Å². The van der Waals surface area contributed by atoms with Crippen LogP contribution in [0.3, 0.4) is 0 Å². The molecule has 0 bridgehead atoms. The lowest BCUT2D eigenvalue weighted by atomic mass is 10.1. The fraction of sp³-hybridized carbons (Fsp3) is 0.821. The molecule has 0 spiro atoms. The zero-order valence-electron chi connectivity index (χ0n) is 22.2. The second kappa shape index (κ2) is 22.6. The largest absolute Gasteiger partial charge is 0.550 e. The maximum absolute atomic E-state index is 11.1. The molecule has 0 aromatic heterocycles. The summed E-state index contributed by atoms with van der Waals surface area (Å²) in [4.78, 5) is 33.2. The Kier molecular flexibility index (Phi) is 21.3. The molecular formula is C28H51NO6. The number of aliphatic carboxylic acids is 3. The smallest absolute Gasteiger partial charge is 0.309 e. The van der Waals surface area contributed by atoms with E-state index >= 15 is 0 Å². The molecule has 0 fully saturated rings. The highest BCUT2D eigenvalue weighted by molar-refractivity contribution is 5.67. The highest BCUT2D eigenvalue weighted by Crippen LogP contribution is 2.16. The molecule has 2 N–H and O–H groups in total. The minimum absolute atomic E-state index is 0.101. The van der Waals surface area contributed by atoms with Crippen molar-refractivity contribution >= 4 is 17.9 Å². The molecule has 0 atom stereocenters. The molecule has 0 amide bonds. The molecule has 0 radical (unpaired) electrons. The Morgan fingerprint density at radius 1 is 0.600 bits per heavy atom. The van der Waals surface area contributed by atoms with E-state index in [9.17, 15) is 19.5 Å². The molecule has 0 saturated heterocycles. The molecule has 0 aliphatic heterocycles. The van der Waals surface area contributed by atoms with E-state index in [1.807, 2.05) is 0 Å². The number of unbranched alkanes of at least 4 members (excludes halogenated alkanes) is 13. The molecule has 0 aromatic carbocycles. The van der Waals surface area contributed by atoms with Crippen LogP contribution < -0.4 is 5.11 Å². The van der Waals surface area contributed by atoms with Crippen molar-refractivity contribution in [3.05, 3.63) is 12.2 Å². The van der Waals surface area contributed by atoms with Crippen LogP contribution in [0.5, 0.6) is 0 Å². The van der Waals surface area contributed by atoms with E-state index in [0.29, 0.717) is 6.54 Å². The third-order valence-corrected chi connectivity index (χ3v) is 6.78. The lowest BCUT2D eigenvalue weighted by Crippen LogP contribution is -2.53. The van der Waals surface area contributed by atoms with E-state index in [0.717, 1.165) is 38.5 Å². The Hall–Kier alpha value is -1.89. The predicted molar refractivity (Wildman–Crippen MR) is 138 cm³/mol. The van der Waals surface area contributed by atoms with Gasteiger partial charge in [0.1, 0.15) is 0 Å². The van der Waals surface area contributed by atoms with E-state index in [2.05, 4.69) is 19.1 Å². The number of hydrogen-bond donors (Lipinski definition) is 2. The van der Waals surface area contributed by atoms with Gasteiger partial charge < -0.3 is 24.6 Å². The highest BCUT2D eigenvalue weighted by Gasteiger charge is 2.28. The van der Waals surface area contributed by atoms with Crippen LogP contribution >= 0.6 is 0 Å². The van der Waals surface area contributed by atoms with Crippen molar-refractivity contribution in [3.8, 4) is 0 Å². The van der Waals surface area contributed by atoms with E-state index in [1.54, 1.807) is 0 Å². The number of quaternary nitrogens is 1. The summed E-state index contributed by atoms with van der Waals surface area (Å²) < 4.78 is 0.214. The molecule has 0 aromatic rings. The minimum atomic E-state index is -1.19. The van der Waals surface area contributed by atoms with Crippen molar-refractivity contribution in [2.75, 3.05) is 26.2 Å². The van der Waals surface area contributed by atoms with Crippen molar-refractivity contribution in [2.45, 2.75) is 122 Å². The summed E-state index contributed by atoms with van der Waals surface area (Å²) in [6, 6.07) is 0. The number of allylic oxidation sites excluding steroid dienone is 2. The van der Waals surface area contributed by atoms with Crippen molar-refractivity contribution in [1.29, 1.82) is 0 Å². The number of carbonyl (C=O) groups excluding carboxylic acids is 1. The molecule has 35 heavy (non-hydrogen) atoms. The Balaban J connectivity index is 4.09. The first kappa shape index (κ1) is 33.1. The SMILES string of the molecule is CCCCCCCCCCC/C=C/CCCCCC[N+](CCC(=O)[O-])(CCC(=O)O)CCC(=O)O. The molecule has 0 aliphatic rings. The summed E-state index contributed by atoms with van der Waals surface area (Å²) in [5.74, 6) is -3.09. The van der Waals surface area contributed by atoms with Gasteiger partial charge in [-0.1, -0.05) is 76.9 Å². The molecule has 0 aliphatic carbocycles. The molecule has 0 unspecified atom stereocenters. The van der Waals surface area contributed by atoms with Gasteiger partial charge in [0.2, 0.25) is 0 Å². The fourth-order valence-corrected chi connectivity index (χ4v) is 4.54. The number of carbonyl (C=O) groups is 3. The summed E-state index contributed by atoms with van der Waals surface area (Å²) in [6.07, 6.45) is 22.5. The van der Waals surface area contributed by atoms with Crippen molar-refractivity contribution < 1.29 is 34.2 Å². The average molecular weight is 498 g/mol. The van der Waals surface area contributed by atoms with Crippen LogP contribution in [-0.2, 0) is 14.4 Å². The van der Waals surface area contributed by atoms with E-state index < -0.39 is 17.9 Å². The van der Waals surface area contributed by atoms with Crippen LogP contribution in [-0.4, -0.2) is 58.8 Å². The maximum atomic E-state index is 11.1. The number of nitrogens with zero attached hydrogens (tertiary/aromatic N) is 1. The molecule has 204 valence electrons. The van der Waals surface area contributed by atoms with Crippen LogP contribution in [0.2, 0.25) is 0 Å².